The SMILES string of the molecule is Cc1cc(C#N)ncc1Oc1cc(Nc2cnn(C)c2)c2ncn(C)c2n1. The molecule has 0 saturated carbocycles. The van der Waals surface area contributed by atoms with Crippen LogP contribution in [0.5, 0.6) is 11.6 Å². The number of hydrogen-bond acceptors (Lipinski definition) is 7. The van der Waals surface area contributed by atoms with Crippen molar-refractivity contribution >= 4 is 22.5 Å². The second kappa shape index (κ2) is 6.42. The molecule has 9 nitrogen and oxygen atoms in total. The molecule has 4 aromatic heterocycles. The Bertz CT molecular complexity index is 1180. The molecule has 4 aromatic rings. The summed E-state index contributed by atoms with van der Waals surface area (Å²) < 4.78 is 9.47. The highest BCUT2D eigenvalue weighted by Gasteiger charge is 2.14. The van der Waals surface area contributed by atoms with E-state index in [4.69, 9.17) is 10.00 Å². The van der Waals surface area contributed by atoms with Crippen molar-refractivity contribution in [2.75, 3.05) is 5.32 Å². The van der Waals surface area contributed by atoms with Crippen molar-refractivity contribution in [3.8, 4) is 17.7 Å². The van der Waals surface area contributed by atoms with Gasteiger partial charge < -0.3 is 14.6 Å². The highest BCUT2D eigenvalue weighted by molar-refractivity contribution is 5.88. The number of hydrogen-bond donors (Lipinski definition) is 1. The van der Waals surface area contributed by atoms with E-state index in [-0.39, 0.29) is 0 Å². The van der Waals surface area contributed by atoms with Crippen molar-refractivity contribution in [1.82, 2.24) is 29.3 Å². The molecule has 4 heterocycles. The Labute approximate surface area is 154 Å². The van der Waals surface area contributed by atoms with Crippen molar-refractivity contribution < 1.29 is 4.74 Å². The summed E-state index contributed by atoms with van der Waals surface area (Å²) >= 11 is 0. The number of aryl methyl sites for hydroxylation is 3. The Morgan fingerprint density at radius 2 is 2.04 bits per heavy atom. The van der Waals surface area contributed by atoms with Gasteiger partial charge in [-0.2, -0.15) is 15.3 Å². The maximum absolute atomic E-state index is 8.96. The summed E-state index contributed by atoms with van der Waals surface area (Å²) in [4.78, 5) is 13.0. The van der Waals surface area contributed by atoms with E-state index in [0.717, 1.165) is 22.5 Å². The standard InChI is InChI=1S/C18H16N8O/c1-11-4-12(6-19)20-8-15(11)27-16-5-14(23-13-7-22-26(3)9-13)17-18(24-16)25(2)10-21-17/h4-5,7-10H,1-3H3,(H,23,24). The molecule has 4 rings (SSSR count). The van der Waals surface area contributed by atoms with Gasteiger partial charge >= 0.3 is 0 Å². The number of nitrogens with one attached hydrogen (secondary N) is 1. The lowest BCUT2D eigenvalue weighted by Gasteiger charge is -2.11. The summed E-state index contributed by atoms with van der Waals surface area (Å²) in [7, 11) is 3.72. The quantitative estimate of drug-likeness (QED) is 0.596. The van der Waals surface area contributed by atoms with Crippen molar-refractivity contribution in [2.24, 2.45) is 14.1 Å². The maximum Gasteiger partial charge on any atom is 0.223 e. The van der Waals surface area contributed by atoms with Crippen LogP contribution in [0.2, 0.25) is 0 Å². The summed E-state index contributed by atoms with van der Waals surface area (Å²) in [5.41, 5.74) is 4.13. The smallest absolute Gasteiger partial charge is 0.223 e. The van der Waals surface area contributed by atoms with Crippen LogP contribution in [0.15, 0.2) is 37.1 Å². The first-order valence-corrected chi connectivity index (χ1v) is 8.16. The van der Waals surface area contributed by atoms with Gasteiger partial charge in [-0.15, -0.1) is 0 Å². The molecule has 0 fully saturated rings. The fourth-order valence-electron chi connectivity index (χ4n) is 2.69. The van der Waals surface area contributed by atoms with Gasteiger partial charge in [-0.3, -0.25) is 4.68 Å². The fraction of sp³-hybridized carbons (Fsp3) is 0.167. The molecule has 0 aliphatic rings. The third-order valence-corrected chi connectivity index (χ3v) is 4.02. The average Bonchev–Trinajstić information content (AvgIpc) is 3.23. The van der Waals surface area contributed by atoms with Gasteiger partial charge in [-0.05, 0) is 18.6 Å². The van der Waals surface area contributed by atoms with Crippen LogP contribution in [0.4, 0.5) is 11.4 Å². The molecule has 0 bridgehead atoms. The second-order valence-corrected chi connectivity index (χ2v) is 6.11. The van der Waals surface area contributed by atoms with E-state index in [0.29, 0.717) is 23.0 Å². The van der Waals surface area contributed by atoms with Crippen LogP contribution in [-0.2, 0) is 14.1 Å². The molecule has 0 unspecified atom stereocenters. The van der Waals surface area contributed by atoms with E-state index in [9.17, 15) is 0 Å². The molecular formula is C18H16N8O. The van der Waals surface area contributed by atoms with Gasteiger partial charge in [0, 0.05) is 26.4 Å². The molecule has 0 saturated heterocycles. The summed E-state index contributed by atoms with van der Waals surface area (Å²) in [5.74, 6) is 0.933. The van der Waals surface area contributed by atoms with E-state index in [1.165, 1.54) is 6.20 Å². The number of pyridine rings is 2. The monoisotopic (exact) mass is 360 g/mol. The Morgan fingerprint density at radius 3 is 2.74 bits per heavy atom. The first-order chi connectivity index (χ1) is 13.0. The van der Waals surface area contributed by atoms with Gasteiger partial charge in [0.15, 0.2) is 11.4 Å². The fourth-order valence-corrected chi connectivity index (χ4v) is 2.69. The number of fused-ring (bicyclic) bond motifs is 1. The Morgan fingerprint density at radius 1 is 1.19 bits per heavy atom. The van der Waals surface area contributed by atoms with E-state index in [1.54, 1.807) is 29.3 Å². The van der Waals surface area contributed by atoms with Crippen LogP contribution < -0.4 is 10.1 Å². The van der Waals surface area contributed by atoms with Crippen molar-refractivity contribution in [2.45, 2.75) is 6.92 Å². The maximum atomic E-state index is 8.96. The van der Waals surface area contributed by atoms with Gasteiger partial charge in [0.2, 0.25) is 5.88 Å². The van der Waals surface area contributed by atoms with Gasteiger partial charge in [0.25, 0.3) is 0 Å². The highest BCUT2D eigenvalue weighted by atomic mass is 16.5. The van der Waals surface area contributed by atoms with Crippen LogP contribution >= 0.6 is 0 Å². The zero-order valence-electron chi connectivity index (χ0n) is 15.0. The Hall–Kier alpha value is -3.93. The van der Waals surface area contributed by atoms with Crippen molar-refractivity contribution in [3.05, 3.63) is 48.3 Å². The summed E-state index contributed by atoms with van der Waals surface area (Å²) in [6.07, 6.45) is 6.82. The lowest BCUT2D eigenvalue weighted by atomic mass is 10.2. The molecule has 0 atom stereocenters. The number of anilines is 2. The minimum atomic E-state index is 0.342. The first-order valence-electron chi connectivity index (χ1n) is 8.16. The van der Waals surface area contributed by atoms with Gasteiger partial charge in [0.1, 0.15) is 17.3 Å². The van der Waals surface area contributed by atoms with E-state index < -0.39 is 0 Å². The second-order valence-electron chi connectivity index (χ2n) is 6.11. The van der Waals surface area contributed by atoms with E-state index in [1.807, 2.05) is 37.9 Å². The molecule has 1 N–H and O–H groups in total. The molecular weight excluding hydrogens is 344 g/mol. The lowest BCUT2D eigenvalue weighted by molar-refractivity contribution is 0.459. The normalized spacial score (nSPS) is 10.7. The first kappa shape index (κ1) is 16.5. The molecule has 0 aliphatic carbocycles. The van der Waals surface area contributed by atoms with Gasteiger partial charge in [0.05, 0.1) is 30.1 Å². The van der Waals surface area contributed by atoms with Crippen molar-refractivity contribution in [1.29, 1.82) is 5.26 Å². The molecule has 27 heavy (non-hydrogen) atoms. The lowest BCUT2D eigenvalue weighted by Crippen LogP contribution is -1.98. The predicted molar refractivity (Wildman–Crippen MR) is 98.8 cm³/mol. The predicted octanol–water partition coefficient (Wildman–Crippen LogP) is 2.81. The van der Waals surface area contributed by atoms with Crippen LogP contribution in [0.3, 0.4) is 0 Å². The summed E-state index contributed by atoms with van der Waals surface area (Å²) in [6, 6.07) is 5.46. The van der Waals surface area contributed by atoms with Crippen LogP contribution in [-0.4, -0.2) is 29.3 Å². The van der Waals surface area contributed by atoms with E-state index >= 15 is 0 Å². The molecule has 0 aliphatic heterocycles. The number of nitrogens with zero attached hydrogens (tertiary/aromatic N) is 7. The molecule has 0 amide bonds. The number of ether oxygens (including phenoxy) is 1. The minimum absolute atomic E-state index is 0.342. The van der Waals surface area contributed by atoms with Gasteiger partial charge in [-0.1, -0.05) is 0 Å². The number of rotatable bonds is 4. The van der Waals surface area contributed by atoms with Gasteiger partial charge in [-0.25, -0.2) is 9.97 Å². The molecule has 0 radical (unpaired) electrons. The van der Waals surface area contributed by atoms with Crippen molar-refractivity contribution in [3.63, 3.8) is 0 Å². The van der Waals surface area contributed by atoms with Crippen LogP contribution in [0.25, 0.3) is 11.2 Å². The van der Waals surface area contributed by atoms with Crippen LogP contribution in [0, 0.1) is 18.3 Å². The summed E-state index contributed by atoms with van der Waals surface area (Å²) in [5, 5.41) is 16.4. The Kier molecular flexibility index (Phi) is 3.93. The minimum Gasteiger partial charge on any atom is -0.437 e. The topological polar surface area (TPSA) is 106 Å². The Balaban J connectivity index is 1.75. The molecule has 134 valence electrons. The third-order valence-electron chi connectivity index (χ3n) is 4.02. The number of nitriles is 1. The number of imidazole rings is 1. The molecule has 0 spiro atoms. The highest BCUT2D eigenvalue weighted by Crippen LogP contribution is 2.31. The molecule has 9 heteroatoms. The van der Waals surface area contributed by atoms with E-state index in [2.05, 4.69) is 25.4 Å². The zero-order chi connectivity index (χ0) is 19.0. The largest absolute Gasteiger partial charge is 0.437 e. The van der Waals surface area contributed by atoms with Crippen LogP contribution in [0.1, 0.15) is 11.3 Å². The average molecular weight is 360 g/mol. The molecule has 0 aromatic carbocycles. The summed E-state index contributed by atoms with van der Waals surface area (Å²) in [6.45, 7) is 1.86. The number of aromatic nitrogens is 6. The third kappa shape index (κ3) is 3.16. The zero-order valence-corrected chi connectivity index (χ0v) is 15.0.